The van der Waals surface area contributed by atoms with Gasteiger partial charge >= 0.3 is 0 Å². The average Bonchev–Trinajstić information content (AvgIpc) is 2.96. The third-order valence-electron chi connectivity index (χ3n) is 4.32. The van der Waals surface area contributed by atoms with E-state index in [0.717, 1.165) is 48.6 Å². The molecule has 1 saturated heterocycles. The van der Waals surface area contributed by atoms with Crippen LogP contribution in [0.1, 0.15) is 39.0 Å². The van der Waals surface area contributed by atoms with Gasteiger partial charge in [-0.05, 0) is 17.9 Å². The van der Waals surface area contributed by atoms with Crippen LogP contribution in [0.4, 0.5) is 5.82 Å². The van der Waals surface area contributed by atoms with Gasteiger partial charge in [-0.15, -0.1) is 11.3 Å². The van der Waals surface area contributed by atoms with E-state index in [0.29, 0.717) is 6.42 Å². The summed E-state index contributed by atoms with van der Waals surface area (Å²) in [5.41, 5.74) is 0.0419. The minimum atomic E-state index is 0.0419. The van der Waals surface area contributed by atoms with Gasteiger partial charge in [0.25, 0.3) is 0 Å². The number of piperazine rings is 1. The largest absolute Gasteiger partial charge is 0.352 e. The summed E-state index contributed by atoms with van der Waals surface area (Å²) >= 11 is 1.74. The molecule has 0 spiro atoms. The van der Waals surface area contributed by atoms with E-state index in [2.05, 4.69) is 48.6 Å². The third-order valence-corrected chi connectivity index (χ3v) is 5.51. The standard InChI is InChI=1S/C18H26N4OS/c1-5-13-10-14-16(19-12-20-17(14)24-13)22-8-6-21(7-9-22)15(23)11-18(2,3)4/h10,12H,5-9,11H2,1-4H3. The molecule has 130 valence electrons. The van der Waals surface area contributed by atoms with Crippen molar-refractivity contribution in [1.82, 2.24) is 14.9 Å². The minimum Gasteiger partial charge on any atom is -0.352 e. The van der Waals surface area contributed by atoms with E-state index >= 15 is 0 Å². The number of rotatable bonds is 3. The molecule has 2 aromatic rings. The molecule has 6 heteroatoms. The molecule has 24 heavy (non-hydrogen) atoms. The first-order valence-corrected chi connectivity index (χ1v) is 9.45. The molecule has 1 amide bonds. The second-order valence-electron chi connectivity index (χ2n) is 7.59. The van der Waals surface area contributed by atoms with E-state index in [1.807, 2.05) is 4.90 Å². The summed E-state index contributed by atoms with van der Waals surface area (Å²) in [5, 5.41) is 1.15. The first kappa shape index (κ1) is 17.1. The number of thiophene rings is 1. The molecular formula is C18H26N4OS. The van der Waals surface area contributed by atoms with Crippen LogP contribution in [-0.2, 0) is 11.2 Å². The molecule has 0 N–H and O–H groups in total. The topological polar surface area (TPSA) is 49.3 Å². The Balaban J connectivity index is 1.71. The van der Waals surface area contributed by atoms with Crippen LogP contribution in [0.15, 0.2) is 12.4 Å². The predicted octanol–water partition coefficient (Wildman–Crippen LogP) is 3.34. The fourth-order valence-electron chi connectivity index (χ4n) is 3.05. The van der Waals surface area contributed by atoms with Gasteiger partial charge in [-0.2, -0.15) is 0 Å². The van der Waals surface area contributed by atoms with Gasteiger partial charge < -0.3 is 9.80 Å². The van der Waals surface area contributed by atoms with Gasteiger partial charge in [-0.3, -0.25) is 4.79 Å². The van der Waals surface area contributed by atoms with Crippen molar-refractivity contribution >= 4 is 33.3 Å². The molecule has 1 aliphatic rings. The Labute approximate surface area is 147 Å². The third kappa shape index (κ3) is 3.69. The Morgan fingerprint density at radius 1 is 1.21 bits per heavy atom. The van der Waals surface area contributed by atoms with Gasteiger partial charge in [0.1, 0.15) is 17.0 Å². The maximum absolute atomic E-state index is 12.4. The lowest BCUT2D eigenvalue weighted by Crippen LogP contribution is -2.49. The number of hydrogen-bond acceptors (Lipinski definition) is 5. The van der Waals surface area contributed by atoms with Gasteiger partial charge in [0, 0.05) is 37.5 Å². The number of carbonyl (C=O) groups is 1. The monoisotopic (exact) mass is 346 g/mol. The average molecular weight is 346 g/mol. The Kier molecular flexibility index (Phi) is 4.76. The molecule has 0 radical (unpaired) electrons. The zero-order chi connectivity index (χ0) is 17.3. The number of aromatic nitrogens is 2. The summed E-state index contributed by atoms with van der Waals surface area (Å²) in [6.45, 7) is 11.7. The Bertz CT molecular complexity index is 726. The molecule has 3 rings (SSSR count). The summed E-state index contributed by atoms with van der Waals surface area (Å²) in [6, 6.07) is 2.21. The van der Waals surface area contributed by atoms with E-state index < -0.39 is 0 Å². The highest BCUT2D eigenvalue weighted by Gasteiger charge is 2.26. The summed E-state index contributed by atoms with van der Waals surface area (Å²) in [6.07, 6.45) is 3.29. The zero-order valence-electron chi connectivity index (χ0n) is 15.0. The van der Waals surface area contributed by atoms with Crippen molar-refractivity contribution in [1.29, 1.82) is 0 Å². The van der Waals surface area contributed by atoms with Crippen LogP contribution in [-0.4, -0.2) is 47.0 Å². The molecule has 5 nitrogen and oxygen atoms in total. The van der Waals surface area contributed by atoms with Crippen molar-refractivity contribution in [2.45, 2.75) is 40.5 Å². The lowest BCUT2D eigenvalue weighted by Gasteiger charge is -2.36. The Morgan fingerprint density at radius 3 is 2.54 bits per heavy atom. The number of amides is 1. The number of nitrogens with zero attached hydrogens (tertiary/aromatic N) is 4. The molecule has 0 saturated carbocycles. The van der Waals surface area contributed by atoms with E-state index in [-0.39, 0.29) is 11.3 Å². The summed E-state index contributed by atoms with van der Waals surface area (Å²) in [7, 11) is 0. The van der Waals surface area contributed by atoms with Crippen LogP contribution in [0, 0.1) is 5.41 Å². The predicted molar refractivity (Wildman–Crippen MR) is 99.7 cm³/mol. The molecule has 3 heterocycles. The molecule has 0 aromatic carbocycles. The number of aryl methyl sites for hydroxylation is 1. The smallest absolute Gasteiger partial charge is 0.223 e. The second-order valence-corrected chi connectivity index (χ2v) is 8.70. The second kappa shape index (κ2) is 6.67. The van der Waals surface area contributed by atoms with Gasteiger partial charge in [0.2, 0.25) is 5.91 Å². The fraction of sp³-hybridized carbons (Fsp3) is 0.611. The van der Waals surface area contributed by atoms with Crippen LogP contribution >= 0.6 is 11.3 Å². The van der Waals surface area contributed by atoms with Crippen LogP contribution in [0.5, 0.6) is 0 Å². The molecule has 0 bridgehead atoms. The van der Waals surface area contributed by atoms with Crippen molar-refractivity contribution in [3.63, 3.8) is 0 Å². The molecule has 0 aliphatic carbocycles. The van der Waals surface area contributed by atoms with Gasteiger partial charge in [-0.1, -0.05) is 27.7 Å². The molecule has 0 unspecified atom stereocenters. The summed E-state index contributed by atoms with van der Waals surface area (Å²) in [4.78, 5) is 28.0. The van der Waals surface area contributed by atoms with Crippen molar-refractivity contribution in [3.8, 4) is 0 Å². The highest BCUT2D eigenvalue weighted by molar-refractivity contribution is 7.18. The number of carbonyl (C=O) groups excluding carboxylic acids is 1. The fourth-order valence-corrected chi connectivity index (χ4v) is 3.98. The maximum Gasteiger partial charge on any atom is 0.223 e. The van der Waals surface area contributed by atoms with E-state index in [9.17, 15) is 4.79 Å². The molecule has 1 fully saturated rings. The van der Waals surface area contributed by atoms with Crippen molar-refractivity contribution in [3.05, 3.63) is 17.3 Å². The van der Waals surface area contributed by atoms with Gasteiger partial charge in [-0.25, -0.2) is 9.97 Å². The minimum absolute atomic E-state index is 0.0419. The van der Waals surface area contributed by atoms with E-state index in [1.54, 1.807) is 17.7 Å². The van der Waals surface area contributed by atoms with Crippen LogP contribution < -0.4 is 4.90 Å². The maximum atomic E-state index is 12.4. The number of anilines is 1. The van der Waals surface area contributed by atoms with Crippen LogP contribution in [0.25, 0.3) is 10.2 Å². The normalized spacial score (nSPS) is 16.0. The first-order valence-electron chi connectivity index (χ1n) is 8.63. The molecule has 1 aliphatic heterocycles. The number of hydrogen-bond donors (Lipinski definition) is 0. The lowest BCUT2D eigenvalue weighted by atomic mass is 9.91. The SMILES string of the molecule is CCc1cc2c(N3CCN(C(=O)CC(C)(C)C)CC3)ncnc2s1. The highest BCUT2D eigenvalue weighted by Crippen LogP contribution is 2.31. The summed E-state index contributed by atoms with van der Waals surface area (Å²) < 4.78 is 0. The highest BCUT2D eigenvalue weighted by atomic mass is 32.1. The van der Waals surface area contributed by atoms with E-state index in [1.165, 1.54) is 4.88 Å². The zero-order valence-corrected chi connectivity index (χ0v) is 15.8. The van der Waals surface area contributed by atoms with Gasteiger partial charge in [0.15, 0.2) is 0 Å². The van der Waals surface area contributed by atoms with Crippen LogP contribution in [0.3, 0.4) is 0 Å². The molecule has 2 aromatic heterocycles. The van der Waals surface area contributed by atoms with Crippen molar-refractivity contribution < 1.29 is 4.79 Å². The number of fused-ring (bicyclic) bond motifs is 1. The van der Waals surface area contributed by atoms with Crippen molar-refractivity contribution in [2.75, 3.05) is 31.1 Å². The van der Waals surface area contributed by atoms with Gasteiger partial charge in [0.05, 0.1) is 5.39 Å². The quantitative estimate of drug-likeness (QED) is 0.855. The summed E-state index contributed by atoms with van der Waals surface area (Å²) in [5.74, 6) is 1.28. The Morgan fingerprint density at radius 2 is 1.92 bits per heavy atom. The Hall–Kier alpha value is -1.69. The van der Waals surface area contributed by atoms with Crippen LogP contribution in [0.2, 0.25) is 0 Å². The first-order chi connectivity index (χ1) is 11.4. The molecular weight excluding hydrogens is 320 g/mol. The van der Waals surface area contributed by atoms with Crippen molar-refractivity contribution in [2.24, 2.45) is 5.41 Å². The molecule has 0 atom stereocenters. The lowest BCUT2D eigenvalue weighted by molar-refractivity contribution is -0.133. The van der Waals surface area contributed by atoms with E-state index in [4.69, 9.17) is 0 Å².